The van der Waals surface area contributed by atoms with Gasteiger partial charge in [-0.15, -0.1) is 0 Å². The van der Waals surface area contributed by atoms with Gasteiger partial charge in [-0.25, -0.2) is 0 Å². The van der Waals surface area contributed by atoms with Crippen molar-refractivity contribution in [1.82, 2.24) is 10.3 Å². The van der Waals surface area contributed by atoms with E-state index in [4.69, 9.17) is 0 Å². The fourth-order valence-corrected chi connectivity index (χ4v) is 4.15. The molecule has 1 aliphatic carbocycles. The number of nitrogens with one attached hydrogen (secondary N) is 2. The second kappa shape index (κ2) is 8.73. The van der Waals surface area contributed by atoms with Crippen LogP contribution in [0.25, 0.3) is 17.0 Å². The molecule has 1 heterocycles. The van der Waals surface area contributed by atoms with E-state index in [1.165, 1.54) is 34.4 Å². The number of aliphatic hydroxyl groups excluding tert-OH is 1. The van der Waals surface area contributed by atoms with Crippen LogP contribution in [0.3, 0.4) is 0 Å². The molecule has 6 N–H and O–H groups in total. The molecular weight excluding hydrogens is 380 g/mol. The number of rotatable bonds is 6. The maximum atomic E-state index is 11.6. The summed E-state index contributed by atoms with van der Waals surface area (Å²) >= 11 is 0. The van der Waals surface area contributed by atoms with E-state index in [1.807, 2.05) is 0 Å². The van der Waals surface area contributed by atoms with E-state index in [2.05, 4.69) is 42.4 Å². The monoisotopic (exact) mass is 408 g/mol. The average Bonchev–Trinajstić information content (AvgIpc) is 3.13. The van der Waals surface area contributed by atoms with Crippen LogP contribution in [0.4, 0.5) is 0 Å². The molecule has 1 aliphatic rings. The summed E-state index contributed by atoms with van der Waals surface area (Å²) in [6, 6.07) is 10.8. The largest absolute Gasteiger partial charge is 0.506 e. The van der Waals surface area contributed by atoms with Crippen LogP contribution in [0.2, 0.25) is 0 Å². The number of aromatic amines is 1. The summed E-state index contributed by atoms with van der Waals surface area (Å²) in [5, 5.41) is 24.8. The van der Waals surface area contributed by atoms with Gasteiger partial charge in [0.1, 0.15) is 5.75 Å². The molecule has 0 bridgehead atoms. The summed E-state index contributed by atoms with van der Waals surface area (Å²) < 4.78 is 0. The molecule has 0 radical (unpaired) electrons. The Labute approximate surface area is 175 Å². The molecule has 2 aromatic carbocycles. The van der Waals surface area contributed by atoms with Crippen LogP contribution in [0.1, 0.15) is 47.8 Å². The third-order valence-corrected chi connectivity index (χ3v) is 5.72. The summed E-state index contributed by atoms with van der Waals surface area (Å²) in [7, 11) is 0. The predicted molar refractivity (Wildman–Crippen MR) is 120 cm³/mol. The number of aromatic nitrogens is 1. The van der Waals surface area contributed by atoms with Gasteiger partial charge in [0.05, 0.1) is 11.6 Å². The summed E-state index contributed by atoms with van der Waals surface area (Å²) in [5.74, 6) is -0.00554. The summed E-state index contributed by atoms with van der Waals surface area (Å²) in [4.78, 5) is 14.2. The molecule has 0 fully saturated rings. The number of benzene rings is 2. The Morgan fingerprint density at radius 1 is 1.10 bits per heavy atom. The van der Waals surface area contributed by atoms with Crippen molar-refractivity contribution in [2.75, 3.05) is 6.54 Å². The smallest absolute Gasteiger partial charge is 0.248 e. The van der Waals surface area contributed by atoms with Crippen LogP contribution in [0.15, 0.2) is 46.9 Å². The van der Waals surface area contributed by atoms with Crippen molar-refractivity contribution in [1.29, 1.82) is 0 Å². The zero-order valence-electron chi connectivity index (χ0n) is 17.2. The van der Waals surface area contributed by atoms with Gasteiger partial charge in [0.25, 0.3) is 0 Å². The molecular formula is C24H28N2O4. The molecule has 4 rings (SSSR count). The van der Waals surface area contributed by atoms with Crippen molar-refractivity contribution in [2.45, 2.75) is 39.2 Å². The maximum Gasteiger partial charge on any atom is 0.248 e. The van der Waals surface area contributed by atoms with Gasteiger partial charge in [-0.3, -0.25) is 4.79 Å². The van der Waals surface area contributed by atoms with Crippen molar-refractivity contribution in [3.63, 3.8) is 0 Å². The fraction of sp³-hybridized carbons (Fsp3) is 0.292. The summed E-state index contributed by atoms with van der Waals surface area (Å²) in [6.45, 7) is 4.72. The lowest BCUT2D eigenvalue weighted by molar-refractivity contribution is 0.179. The molecule has 6 nitrogen and oxygen atoms in total. The zero-order chi connectivity index (χ0) is 20.5. The lowest BCUT2D eigenvalue weighted by Gasteiger charge is -2.16. The zero-order valence-corrected chi connectivity index (χ0v) is 17.2. The fourth-order valence-electron chi connectivity index (χ4n) is 4.15. The Morgan fingerprint density at radius 2 is 1.83 bits per heavy atom. The van der Waals surface area contributed by atoms with E-state index in [0.717, 1.165) is 25.0 Å². The van der Waals surface area contributed by atoms with E-state index in [0.29, 0.717) is 23.0 Å². The Balaban J connectivity index is 0.00000256. The van der Waals surface area contributed by atoms with Gasteiger partial charge in [-0.2, -0.15) is 0 Å². The molecule has 158 valence electrons. The van der Waals surface area contributed by atoms with E-state index in [-0.39, 0.29) is 16.8 Å². The molecule has 1 aromatic heterocycles. The van der Waals surface area contributed by atoms with E-state index < -0.39 is 6.10 Å². The third kappa shape index (κ3) is 3.97. The molecule has 0 amide bonds. The van der Waals surface area contributed by atoms with Crippen LogP contribution in [0.5, 0.6) is 5.75 Å². The van der Waals surface area contributed by atoms with Gasteiger partial charge in [-0.05, 0) is 58.9 Å². The first-order valence-corrected chi connectivity index (χ1v) is 10.1. The second-order valence-electron chi connectivity index (χ2n) is 7.56. The van der Waals surface area contributed by atoms with E-state index in [1.54, 1.807) is 12.1 Å². The predicted octanol–water partition coefficient (Wildman–Crippen LogP) is 2.75. The average molecular weight is 408 g/mol. The van der Waals surface area contributed by atoms with Gasteiger partial charge in [-0.1, -0.05) is 32.0 Å². The highest BCUT2D eigenvalue weighted by atomic mass is 16.3. The SMILES string of the molecule is CCc1cc2c(cc1CC)CC(NCC(O)c1ccc(O)c3[nH]c(=O)ccc13)=C2.O. The summed E-state index contributed by atoms with van der Waals surface area (Å²) in [6.07, 6.45) is 4.29. The van der Waals surface area contributed by atoms with E-state index >= 15 is 0 Å². The number of pyridine rings is 1. The Bertz CT molecular complexity index is 1160. The Kier molecular flexibility index (Phi) is 6.29. The van der Waals surface area contributed by atoms with Crippen molar-refractivity contribution >= 4 is 17.0 Å². The number of fused-ring (bicyclic) bond motifs is 2. The first-order valence-electron chi connectivity index (χ1n) is 10.1. The van der Waals surface area contributed by atoms with E-state index in [9.17, 15) is 15.0 Å². The second-order valence-corrected chi connectivity index (χ2v) is 7.56. The number of aryl methyl sites for hydroxylation is 2. The minimum Gasteiger partial charge on any atom is -0.506 e. The Morgan fingerprint density at radius 3 is 2.57 bits per heavy atom. The molecule has 0 aliphatic heterocycles. The number of allylic oxidation sites excluding steroid dienone is 1. The number of hydrogen-bond donors (Lipinski definition) is 4. The van der Waals surface area contributed by atoms with Crippen LogP contribution in [-0.2, 0) is 19.3 Å². The number of aromatic hydroxyl groups is 1. The molecule has 0 spiro atoms. The van der Waals surface area contributed by atoms with Gasteiger partial charge in [0.2, 0.25) is 5.56 Å². The molecule has 0 saturated heterocycles. The first-order chi connectivity index (χ1) is 14.0. The molecule has 1 unspecified atom stereocenters. The lowest BCUT2D eigenvalue weighted by Crippen LogP contribution is -2.21. The molecule has 0 saturated carbocycles. The number of aliphatic hydroxyl groups is 1. The highest BCUT2D eigenvalue weighted by molar-refractivity contribution is 5.87. The van der Waals surface area contributed by atoms with Crippen LogP contribution in [-0.4, -0.2) is 27.2 Å². The normalized spacial score (nSPS) is 13.5. The van der Waals surface area contributed by atoms with Crippen LogP contribution < -0.4 is 10.9 Å². The number of hydrogen-bond acceptors (Lipinski definition) is 4. The number of phenols is 1. The van der Waals surface area contributed by atoms with Crippen molar-refractivity contribution in [3.8, 4) is 5.75 Å². The number of H-pyrrole nitrogens is 1. The maximum absolute atomic E-state index is 11.6. The van der Waals surface area contributed by atoms with Crippen molar-refractivity contribution < 1.29 is 15.7 Å². The topological polar surface area (TPSA) is 117 Å². The van der Waals surface area contributed by atoms with Crippen molar-refractivity contribution in [3.05, 3.63) is 80.3 Å². The highest BCUT2D eigenvalue weighted by Crippen LogP contribution is 2.30. The quantitative estimate of drug-likeness (QED) is 0.502. The molecule has 3 aromatic rings. The summed E-state index contributed by atoms with van der Waals surface area (Å²) in [5.41, 5.74) is 7.20. The standard InChI is InChI=1S/C24H26N2O3.H2O/c1-3-14-9-16-11-18(12-17(16)10-15(14)4-2)25-13-22(28)19-5-7-21(27)24-20(19)6-8-23(29)26-24;/h5-11,22,25,27-28H,3-4,12-13H2,1-2H3,(H,26,29);1H2. The minimum absolute atomic E-state index is 0. The van der Waals surface area contributed by atoms with Crippen LogP contribution in [0, 0.1) is 0 Å². The van der Waals surface area contributed by atoms with Gasteiger partial charge < -0.3 is 26.0 Å². The number of phenolic OH excluding ortho intramolecular Hbond substituents is 1. The molecule has 30 heavy (non-hydrogen) atoms. The van der Waals surface area contributed by atoms with Gasteiger partial charge >= 0.3 is 0 Å². The third-order valence-electron chi connectivity index (χ3n) is 5.72. The van der Waals surface area contributed by atoms with Crippen LogP contribution >= 0.6 is 0 Å². The first kappa shape index (κ1) is 21.6. The molecule has 1 atom stereocenters. The Hall–Kier alpha value is -3.09. The molecule has 6 heteroatoms. The highest BCUT2D eigenvalue weighted by Gasteiger charge is 2.18. The minimum atomic E-state index is -0.772. The van der Waals surface area contributed by atoms with Crippen molar-refractivity contribution in [2.24, 2.45) is 0 Å². The van der Waals surface area contributed by atoms with Gasteiger partial charge in [0.15, 0.2) is 0 Å². The lowest BCUT2D eigenvalue weighted by atomic mass is 9.97. The van der Waals surface area contributed by atoms with Gasteiger partial charge in [0, 0.05) is 30.1 Å².